The van der Waals surface area contributed by atoms with Crippen LogP contribution in [0.15, 0.2) is 30.6 Å². The number of carbonyl (C=O) groups excluding carboxylic acids is 1. The largest absolute Gasteiger partial charge is 0.366 e. The van der Waals surface area contributed by atoms with E-state index in [-0.39, 0.29) is 11.7 Å². The van der Waals surface area contributed by atoms with E-state index in [0.29, 0.717) is 37.6 Å². The van der Waals surface area contributed by atoms with Crippen molar-refractivity contribution in [1.29, 1.82) is 0 Å². The summed E-state index contributed by atoms with van der Waals surface area (Å²) in [7, 11) is 0. The number of rotatable bonds is 2. The minimum atomic E-state index is -0.222. The Hall–Kier alpha value is -2.37. The fraction of sp³-hybridized carbons (Fsp3) is 0.333. The van der Waals surface area contributed by atoms with E-state index in [4.69, 9.17) is 0 Å². The second kappa shape index (κ2) is 5.55. The highest BCUT2D eigenvalue weighted by Gasteiger charge is 2.25. The van der Waals surface area contributed by atoms with Crippen LogP contribution in [0.25, 0.3) is 0 Å². The van der Waals surface area contributed by atoms with Crippen LogP contribution in [0.1, 0.15) is 16.2 Å². The van der Waals surface area contributed by atoms with Gasteiger partial charge in [0.2, 0.25) is 0 Å². The Morgan fingerprint density at radius 1 is 1.24 bits per heavy atom. The fourth-order valence-corrected chi connectivity index (χ4v) is 2.58. The highest BCUT2D eigenvalue weighted by molar-refractivity contribution is 5.93. The molecule has 1 amide bonds. The lowest BCUT2D eigenvalue weighted by Crippen LogP contribution is -2.49. The van der Waals surface area contributed by atoms with Gasteiger partial charge in [-0.3, -0.25) is 4.79 Å². The molecule has 2 aromatic rings. The predicted molar refractivity (Wildman–Crippen MR) is 77.8 cm³/mol. The van der Waals surface area contributed by atoms with Crippen molar-refractivity contribution in [2.75, 3.05) is 31.1 Å². The molecule has 1 aromatic carbocycles. The lowest BCUT2D eigenvalue weighted by Gasteiger charge is -2.36. The molecule has 2 heterocycles. The summed E-state index contributed by atoms with van der Waals surface area (Å²) in [5.41, 5.74) is 1.84. The van der Waals surface area contributed by atoms with Crippen molar-refractivity contribution in [3.8, 4) is 0 Å². The highest BCUT2D eigenvalue weighted by Crippen LogP contribution is 2.20. The summed E-state index contributed by atoms with van der Waals surface area (Å²) in [5.74, 6) is -0.289. The Morgan fingerprint density at radius 2 is 1.95 bits per heavy atom. The number of hydrogen-bond acceptors (Lipinski definition) is 3. The molecule has 21 heavy (non-hydrogen) atoms. The first-order valence-electron chi connectivity index (χ1n) is 6.95. The zero-order chi connectivity index (χ0) is 14.8. The van der Waals surface area contributed by atoms with E-state index in [1.54, 1.807) is 17.0 Å². The van der Waals surface area contributed by atoms with Gasteiger partial charge in [-0.05, 0) is 19.1 Å². The van der Waals surface area contributed by atoms with Crippen molar-refractivity contribution in [3.63, 3.8) is 0 Å². The molecule has 1 fully saturated rings. The molecule has 5 nitrogen and oxygen atoms in total. The summed E-state index contributed by atoms with van der Waals surface area (Å²) in [4.78, 5) is 23.0. The minimum Gasteiger partial charge on any atom is -0.366 e. The molecule has 0 saturated carbocycles. The standard InChI is InChI=1S/C15H17FN4O/c1-11-14(18-10-17-11)15(21)20-8-6-19(7-9-20)13-5-3-2-4-12(13)16/h2-5,10H,6-9H2,1H3,(H,17,18). The van der Waals surface area contributed by atoms with E-state index in [9.17, 15) is 9.18 Å². The molecule has 1 aliphatic heterocycles. The number of amides is 1. The van der Waals surface area contributed by atoms with Gasteiger partial charge in [0.25, 0.3) is 5.91 Å². The van der Waals surface area contributed by atoms with Gasteiger partial charge < -0.3 is 14.8 Å². The van der Waals surface area contributed by atoms with Crippen molar-refractivity contribution < 1.29 is 9.18 Å². The number of imidazole rings is 1. The van der Waals surface area contributed by atoms with Crippen molar-refractivity contribution in [1.82, 2.24) is 14.9 Å². The Balaban J connectivity index is 1.67. The van der Waals surface area contributed by atoms with Crippen LogP contribution in [0, 0.1) is 12.7 Å². The Labute approximate surface area is 122 Å². The number of aryl methyl sites for hydroxylation is 1. The topological polar surface area (TPSA) is 52.2 Å². The molecular formula is C15H17FN4O. The van der Waals surface area contributed by atoms with Crippen molar-refractivity contribution >= 4 is 11.6 Å². The monoisotopic (exact) mass is 288 g/mol. The number of benzene rings is 1. The van der Waals surface area contributed by atoms with Crippen molar-refractivity contribution in [3.05, 3.63) is 47.8 Å². The van der Waals surface area contributed by atoms with E-state index in [1.165, 1.54) is 12.4 Å². The van der Waals surface area contributed by atoms with Gasteiger partial charge in [0.05, 0.1) is 12.0 Å². The van der Waals surface area contributed by atoms with Crippen molar-refractivity contribution in [2.24, 2.45) is 0 Å². The third-order valence-corrected chi connectivity index (χ3v) is 3.79. The summed E-state index contributed by atoms with van der Waals surface area (Å²) in [5, 5.41) is 0. The average Bonchev–Trinajstić information content (AvgIpc) is 2.93. The number of carbonyl (C=O) groups is 1. The molecule has 1 aromatic heterocycles. The molecule has 0 spiro atoms. The number of H-pyrrole nitrogens is 1. The fourth-order valence-electron chi connectivity index (χ4n) is 2.58. The zero-order valence-corrected chi connectivity index (χ0v) is 11.8. The van der Waals surface area contributed by atoms with Crippen LogP contribution >= 0.6 is 0 Å². The lowest BCUT2D eigenvalue weighted by atomic mass is 10.2. The number of para-hydroxylation sites is 1. The van der Waals surface area contributed by atoms with Gasteiger partial charge in [0, 0.05) is 31.9 Å². The normalized spacial score (nSPS) is 15.3. The Morgan fingerprint density at radius 3 is 2.57 bits per heavy atom. The van der Waals surface area contributed by atoms with Gasteiger partial charge in [-0.25, -0.2) is 9.37 Å². The smallest absolute Gasteiger partial charge is 0.274 e. The first-order valence-corrected chi connectivity index (χ1v) is 6.95. The van der Waals surface area contributed by atoms with Crippen LogP contribution in [-0.4, -0.2) is 47.0 Å². The number of anilines is 1. The molecule has 6 heteroatoms. The molecule has 1 N–H and O–H groups in total. The van der Waals surface area contributed by atoms with E-state index in [0.717, 1.165) is 5.69 Å². The highest BCUT2D eigenvalue weighted by atomic mass is 19.1. The number of hydrogen-bond donors (Lipinski definition) is 1. The Kier molecular flexibility index (Phi) is 3.60. The zero-order valence-electron chi connectivity index (χ0n) is 11.8. The van der Waals surface area contributed by atoms with E-state index < -0.39 is 0 Å². The quantitative estimate of drug-likeness (QED) is 0.917. The second-order valence-electron chi connectivity index (χ2n) is 5.11. The van der Waals surface area contributed by atoms with Gasteiger partial charge in [-0.1, -0.05) is 12.1 Å². The molecule has 1 saturated heterocycles. The van der Waals surface area contributed by atoms with Gasteiger partial charge in [-0.15, -0.1) is 0 Å². The van der Waals surface area contributed by atoms with Crippen LogP contribution in [-0.2, 0) is 0 Å². The molecular weight excluding hydrogens is 271 g/mol. The maximum absolute atomic E-state index is 13.8. The summed E-state index contributed by atoms with van der Waals surface area (Å²) < 4.78 is 13.8. The third-order valence-electron chi connectivity index (χ3n) is 3.79. The summed E-state index contributed by atoms with van der Waals surface area (Å²) in [6.45, 7) is 4.21. The number of piperazine rings is 1. The van der Waals surface area contributed by atoms with Crippen LogP contribution in [0.2, 0.25) is 0 Å². The molecule has 0 atom stereocenters. The average molecular weight is 288 g/mol. The second-order valence-corrected chi connectivity index (χ2v) is 5.11. The number of halogens is 1. The minimum absolute atomic E-state index is 0.0677. The number of nitrogens with zero attached hydrogens (tertiary/aromatic N) is 3. The molecule has 110 valence electrons. The molecule has 1 aliphatic rings. The van der Waals surface area contributed by atoms with Crippen LogP contribution < -0.4 is 4.90 Å². The number of aromatic amines is 1. The maximum atomic E-state index is 13.8. The maximum Gasteiger partial charge on any atom is 0.274 e. The first kappa shape index (κ1) is 13.6. The number of aromatic nitrogens is 2. The van der Waals surface area contributed by atoms with Crippen LogP contribution in [0.3, 0.4) is 0 Å². The van der Waals surface area contributed by atoms with Gasteiger partial charge in [0.1, 0.15) is 11.5 Å². The molecule has 0 bridgehead atoms. The summed E-state index contributed by atoms with van der Waals surface area (Å²) in [6.07, 6.45) is 1.53. The van der Waals surface area contributed by atoms with Crippen LogP contribution in [0.5, 0.6) is 0 Å². The van der Waals surface area contributed by atoms with Gasteiger partial charge in [-0.2, -0.15) is 0 Å². The molecule has 0 radical (unpaired) electrons. The van der Waals surface area contributed by atoms with E-state index in [2.05, 4.69) is 9.97 Å². The van der Waals surface area contributed by atoms with E-state index >= 15 is 0 Å². The lowest BCUT2D eigenvalue weighted by molar-refractivity contribution is 0.0740. The molecule has 3 rings (SSSR count). The van der Waals surface area contributed by atoms with E-state index in [1.807, 2.05) is 17.9 Å². The summed E-state index contributed by atoms with van der Waals surface area (Å²) in [6, 6.07) is 6.73. The van der Waals surface area contributed by atoms with Gasteiger partial charge >= 0.3 is 0 Å². The van der Waals surface area contributed by atoms with Gasteiger partial charge in [0.15, 0.2) is 0 Å². The predicted octanol–water partition coefficient (Wildman–Crippen LogP) is 1.82. The molecule has 0 aliphatic carbocycles. The number of nitrogens with one attached hydrogen (secondary N) is 1. The summed E-state index contributed by atoms with van der Waals surface area (Å²) >= 11 is 0. The van der Waals surface area contributed by atoms with Crippen molar-refractivity contribution in [2.45, 2.75) is 6.92 Å². The first-order chi connectivity index (χ1) is 10.2. The Bertz CT molecular complexity index is 647. The molecule has 0 unspecified atom stereocenters. The third kappa shape index (κ3) is 2.61. The van der Waals surface area contributed by atoms with Crippen LogP contribution in [0.4, 0.5) is 10.1 Å². The SMILES string of the molecule is Cc1[nH]cnc1C(=O)N1CCN(c2ccccc2F)CC1.